The van der Waals surface area contributed by atoms with E-state index in [1.54, 1.807) is 10.6 Å². The molecule has 0 aliphatic carbocycles. The molecule has 20 heavy (non-hydrogen) atoms. The van der Waals surface area contributed by atoms with E-state index >= 15 is 0 Å². The predicted octanol–water partition coefficient (Wildman–Crippen LogP) is 2.88. The average molecular weight is 271 g/mol. The van der Waals surface area contributed by atoms with E-state index in [-0.39, 0.29) is 5.82 Å². The number of rotatable bonds is 3. The Balaban J connectivity index is 2.07. The summed E-state index contributed by atoms with van der Waals surface area (Å²) < 4.78 is 14.8. The van der Waals surface area contributed by atoms with Crippen LogP contribution in [0.1, 0.15) is 18.2 Å². The van der Waals surface area contributed by atoms with Gasteiger partial charge in [-0.2, -0.15) is 14.6 Å². The molecule has 0 amide bonds. The molecule has 102 valence electrons. The minimum Gasteiger partial charge on any atom is -0.340 e. The van der Waals surface area contributed by atoms with E-state index in [4.69, 9.17) is 0 Å². The maximum absolute atomic E-state index is 13.1. The third kappa shape index (κ3) is 2.20. The van der Waals surface area contributed by atoms with Crippen LogP contribution in [0.25, 0.3) is 5.78 Å². The number of aryl methyl sites for hydroxylation is 2. The molecule has 0 aliphatic heterocycles. The van der Waals surface area contributed by atoms with Crippen LogP contribution >= 0.6 is 0 Å². The summed E-state index contributed by atoms with van der Waals surface area (Å²) in [6.45, 7) is 3.88. The molecule has 0 bridgehead atoms. The predicted molar refractivity (Wildman–Crippen MR) is 74.6 cm³/mol. The lowest BCUT2D eigenvalue weighted by molar-refractivity contribution is 0.627. The summed E-state index contributed by atoms with van der Waals surface area (Å²) in [5, 5.41) is 7.40. The van der Waals surface area contributed by atoms with Crippen LogP contribution in [0.4, 0.5) is 15.9 Å². The van der Waals surface area contributed by atoms with E-state index in [1.807, 2.05) is 19.9 Å². The van der Waals surface area contributed by atoms with Crippen LogP contribution in [0.15, 0.2) is 30.6 Å². The second kappa shape index (κ2) is 4.88. The minimum atomic E-state index is -0.247. The van der Waals surface area contributed by atoms with E-state index in [9.17, 15) is 4.39 Å². The topological polar surface area (TPSA) is 55.1 Å². The SMILES string of the molecule is CCc1cc(Nc2ccc(F)cc2C)n2ncnc2n1. The summed E-state index contributed by atoms with van der Waals surface area (Å²) in [5.74, 6) is 1.06. The van der Waals surface area contributed by atoms with Gasteiger partial charge in [0.2, 0.25) is 0 Å². The lowest BCUT2D eigenvalue weighted by Gasteiger charge is -2.11. The van der Waals surface area contributed by atoms with Crippen LogP contribution in [0.2, 0.25) is 0 Å². The number of halogens is 1. The van der Waals surface area contributed by atoms with Crippen LogP contribution in [0.5, 0.6) is 0 Å². The molecule has 0 atom stereocenters. The number of nitrogens with zero attached hydrogens (tertiary/aromatic N) is 4. The van der Waals surface area contributed by atoms with Gasteiger partial charge in [-0.15, -0.1) is 0 Å². The number of anilines is 2. The molecule has 1 N–H and O–H groups in total. The van der Waals surface area contributed by atoms with Crippen molar-refractivity contribution in [3.05, 3.63) is 47.7 Å². The van der Waals surface area contributed by atoms with Gasteiger partial charge >= 0.3 is 0 Å². The monoisotopic (exact) mass is 271 g/mol. The quantitative estimate of drug-likeness (QED) is 0.795. The normalized spacial score (nSPS) is 10.9. The van der Waals surface area contributed by atoms with Crippen molar-refractivity contribution in [3.8, 4) is 0 Å². The van der Waals surface area contributed by atoms with Gasteiger partial charge in [-0.1, -0.05) is 6.92 Å². The number of aromatic nitrogens is 4. The zero-order valence-electron chi connectivity index (χ0n) is 11.3. The molecule has 0 unspecified atom stereocenters. The van der Waals surface area contributed by atoms with Gasteiger partial charge in [0, 0.05) is 17.4 Å². The number of fused-ring (bicyclic) bond motifs is 1. The van der Waals surface area contributed by atoms with E-state index in [2.05, 4.69) is 20.4 Å². The Bertz CT molecular complexity index is 765. The molecule has 1 aromatic carbocycles. The Kier molecular flexibility index (Phi) is 3.06. The molecule has 2 heterocycles. The van der Waals surface area contributed by atoms with Crippen LogP contribution in [-0.4, -0.2) is 19.6 Å². The fourth-order valence-corrected chi connectivity index (χ4v) is 2.04. The third-order valence-corrected chi connectivity index (χ3v) is 3.12. The van der Waals surface area contributed by atoms with Gasteiger partial charge in [-0.25, -0.2) is 9.37 Å². The van der Waals surface area contributed by atoms with Crippen molar-refractivity contribution in [2.24, 2.45) is 0 Å². The van der Waals surface area contributed by atoms with Crippen molar-refractivity contribution in [3.63, 3.8) is 0 Å². The summed E-state index contributed by atoms with van der Waals surface area (Å²) in [6, 6.07) is 6.54. The Morgan fingerprint density at radius 3 is 2.90 bits per heavy atom. The van der Waals surface area contributed by atoms with E-state index < -0.39 is 0 Å². The first-order chi connectivity index (χ1) is 9.67. The van der Waals surface area contributed by atoms with Gasteiger partial charge in [-0.3, -0.25) is 0 Å². The highest BCUT2D eigenvalue weighted by Crippen LogP contribution is 2.21. The Morgan fingerprint density at radius 2 is 2.15 bits per heavy atom. The lowest BCUT2D eigenvalue weighted by atomic mass is 10.2. The van der Waals surface area contributed by atoms with Crippen LogP contribution in [0.3, 0.4) is 0 Å². The third-order valence-electron chi connectivity index (χ3n) is 3.12. The zero-order chi connectivity index (χ0) is 14.1. The van der Waals surface area contributed by atoms with Crippen LogP contribution in [-0.2, 0) is 6.42 Å². The van der Waals surface area contributed by atoms with Gasteiger partial charge < -0.3 is 5.32 Å². The Morgan fingerprint density at radius 1 is 1.30 bits per heavy atom. The van der Waals surface area contributed by atoms with Crippen LogP contribution < -0.4 is 5.32 Å². The van der Waals surface area contributed by atoms with Crippen molar-refractivity contribution in [1.29, 1.82) is 0 Å². The fourth-order valence-electron chi connectivity index (χ4n) is 2.04. The second-order valence-electron chi connectivity index (χ2n) is 4.54. The van der Waals surface area contributed by atoms with Crippen molar-refractivity contribution < 1.29 is 4.39 Å². The van der Waals surface area contributed by atoms with Crippen molar-refractivity contribution in [1.82, 2.24) is 19.6 Å². The van der Waals surface area contributed by atoms with Crippen molar-refractivity contribution >= 4 is 17.3 Å². The first-order valence-corrected chi connectivity index (χ1v) is 6.40. The Hall–Kier alpha value is -2.50. The number of benzene rings is 1. The molecule has 0 spiro atoms. The zero-order valence-corrected chi connectivity index (χ0v) is 11.3. The summed E-state index contributed by atoms with van der Waals surface area (Å²) in [5.41, 5.74) is 2.58. The summed E-state index contributed by atoms with van der Waals surface area (Å²) in [7, 11) is 0. The number of nitrogens with one attached hydrogen (secondary N) is 1. The van der Waals surface area contributed by atoms with Gasteiger partial charge in [0.05, 0.1) is 0 Å². The first kappa shape index (κ1) is 12.5. The highest BCUT2D eigenvalue weighted by atomic mass is 19.1. The van der Waals surface area contributed by atoms with Crippen molar-refractivity contribution in [2.75, 3.05) is 5.32 Å². The maximum Gasteiger partial charge on any atom is 0.254 e. The number of hydrogen-bond acceptors (Lipinski definition) is 4. The van der Waals surface area contributed by atoms with Crippen molar-refractivity contribution in [2.45, 2.75) is 20.3 Å². The largest absolute Gasteiger partial charge is 0.340 e. The van der Waals surface area contributed by atoms with E-state index in [0.29, 0.717) is 5.78 Å². The van der Waals surface area contributed by atoms with Gasteiger partial charge in [0.1, 0.15) is 18.0 Å². The lowest BCUT2D eigenvalue weighted by Crippen LogP contribution is -2.04. The molecule has 5 nitrogen and oxygen atoms in total. The van der Waals surface area contributed by atoms with E-state index in [0.717, 1.165) is 29.2 Å². The fraction of sp³-hybridized carbons (Fsp3) is 0.214. The Labute approximate surface area is 115 Å². The molecular formula is C14H14FN5. The molecule has 0 fully saturated rings. The maximum atomic E-state index is 13.1. The molecule has 3 aromatic rings. The highest BCUT2D eigenvalue weighted by molar-refractivity contribution is 5.62. The molecule has 6 heteroatoms. The smallest absolute Gasteiger partial charge is 0.254 e. The molecule has 0 radical (unpaired) electrons. The molecule has 0 saturated carbocycles. The summed E-state index contributed by atoms with van der Waals surface area (Å²) in [4.78, 5) is 8.49. The first-order valence-electron chi connectivity index (χ1n) is 6.40. The highest BCUT2D eigenvalue weighted by Gasteiger charge is 2.08. The van der Waals surface area contributed by atoms with Gasteiger partial charge in [0.25, 0.3) is 5.78 Å². The molecular weight excluding hydrogens is 257 g/mol. The molecule has 0 saturated heterocycles. The minimum absolute atomic E-state index is 0.247. The molecule has 3 rings (SSSR count). The van der Waals surface area contributed by atoms with Gasteiger partial charge in [0.15, 0.2) is 0 Å². The molecule has 0 aliphatic rings. The van der Waals surface area contributed by atoms with Gasteiger partial charge in [-0.05, 0) is 37.1 Å². The van der Waals surface area contributed by atoms with Crippen LogP contribution in [0, 0.1) is 12.7 Å². The molecule has 2 aromatic heterocycles. The summed E-state index contributed by atoms with van der Waals surface area (Å²) in [6.07, 6.45) is 2.27. The standard InChI is InChI=1S/C14H14FN5/c1-3-11-7-13(20-14(18-11)16-8-17-20)19-12-5-4-10(15)6-9(12)2/h4-8,19H,3H2,1-2H3. The van der Waals surface area contributed by atoms with E-state index in [1.165, 1.54) is 18.5 Å². The number of hydrogen-bond donors (Lipinski definition) is 1. The second-order valence-corrected chi connectivity index (χ2v) is 4.54. The summed E-state index contributed by atoms with van der Waals surface area (Å²) >= 11 is 0. The average Bonchev–Trinajstić information content (AvgIpc) is 2.90.